The first kappa shape index (κ1) is 24.6. The molecule has 0 aliphatic heterocycles. The van der Waals surface area contributed by atoms with Crippen molar-refractivity contribution in [3.63, 3.8) is 0 Å². The third-order valence-electron chi connectivity index (χ3n) is 2.75. The molecule has 0 spiro atoms. The summed E-state index contributed by atoms with van der Waals surface area (Å²) in [5.41, 5.74) is 1.20. The maximum atomic E-state index is 5.29. The molecule has 0 heterocycles. The third-order valence-corrected chi connectivity index (χ3v) is 9.04. The molecular weight excluding hydrogens is 410 g/mol. The molecule has 2 radical (unpaired) electrons. The Hall–Kier alpha value is 0.606. The van der Waals surface area contributed by atoms with E-state index in [0.29, 0.717) is 6.42 Å². The molecule has 19 heavy (non-hydrogen) atoms. The van der Waals surface area contributed by atoms with Crippen molar-refractivity contribution in [2.75, 3.05) is 0 Å². The van der Waals surface area contributed by atoms with E-state index in [4.69, 9.17) is 6.92 Å². The minimum absolute atomic E-state index is 0. The topological polar surface area (TPSA) is 0 Å². The first-order valence-electron chi connectivity index (χ1n) is 6.53. The normalized spacial score (nSPS) is 9.32. The smallest absolute Gasteiger partial charge is 0 e. The van der Waals surface area contributed by atoms with Crippen LogP contribution in [0.15, 0.2) is 36.4 Å². The molecule has 0 aliphatic rings. The predicted octanol–water partition coefficient (Wildman–Crippen LogP) is 2.34. The van der Waals surface area contributed by atoms with Crippen molar-refractivity contribution < 1.29 is 36.5 Å². The van der Waals surface area contributed by atoms with Crippen LogP contribution < -0.4 is 17.0 Å². The van der Waals surface area contributed by atoms with E-state index >= 15 is 0 Å². The van der Waals surface area contributed by atoms with E-state index in [2.05, 4.69) is 20.8 Å². The average molecular weight is 435 g/mol. The molecular formula is C16H25BrGeZn-2. The Labute approximate surface area is 148 Å². The molecule has 0 aromatic heterocycles. The van der Waals surface area contributed by atoms with Gasteiger partial charge in [-0.1, -0.05) is 36.4 Å². The molecule has 0 nitrogen and oxygen atoms in total. The van der Waals surface area contributed by atoms with Crippen LogP contribution in [-0.2, 0) is 19.5 Å². The minimum atomic E-state index is -0.403. The SMILES string of the molecule is C[CH2][Ge]([CH2]C)[CH2]C.[Br-].[CH-]C/C=C/c1ccccc1.[Zn]. The van der Waals surface area contributed by atoms with Crippen LogP contribution in [0.5, 0.6) is 0 Å². The van der Waals surface area contributed by atoms with Crippen LogP contribution in [0.2, 0.25) is 15.8 Å². The van der Waals surface area contributed by atoms with Crippen LogP contribution in [0.25, 0.3) is 6.08 Å². The van der Waals surface area contributed by atoms with E-state index in [0.717, 1.165) is 0 Å². The molecule has 1 rings (SSSR count). The molecule has 1 aromatic carbocycles. The monoisotopic (exact) mass is 434 g/mol. The van der Waals surface area contributed by atoms with Crippen LogP contribution >= 0.6 is 0 Å². The fourth-order valence-electron chi connectivity index (χ4n) is 1.52. The van der Waals surface area contributed by atoms with Crippen LogP contribution in [-0.4, -0.2) is 14.3 Å². The number of halogens is 1. The van der Waals surface area contributed by atoms with Gasteiger partial charge in [0.05, 0.1) is 0 Å². The molecule has 0 aliphatic carbocycles. The van der Waals surface area contributed by atoms with Crippen LogP contribution in [0, 0.1) is 6.92 Å². The number of hydrogen-bond donors (Lipinski definition) is 0. The minimum Gasteiger partial charge on any atom is -1.00 e. The molecule has 0 bridgehead atoms. The second kappa shape index (κ2) is 18.6. The number of allylic oxidation sites excluding steroid dienone is 1. The zero-order valence-corrected chi connectivity index (χ0v) is 19.2. The summed E-state index contributed by atoms with van der Waals surface area (Å²) >= 11 is -0.403. The van der Waals surface area contributed by atoms with E-state index in [1.54, 1.807) is 0 Å². The summed E-state index contributed by atoms with van der Waals surface area (Å²) in [6.07, 6.45) is 4.56. The fourth-order valence-corrected chi connectivity index (χ4v) is 4.67. The van der Waals surface area contributed by atoms with Crippen molar-refractivity contribution >= 4 is 20.4 Å². The van der Waals surface area contributed by atoms with Crippen LogP contribution in [0.1, 0.15) is 32.8 Å². The molecule has 0 unspecified atom stereocenters. The summed E-state index contributed by atoms with van der Waals surface area (Å²) < 4.78 is 0. The van der Waals surface area contributed by atoms with Gasteiger partial charge in [0.1, 0.15) is 0 Å². The van der Waals surface area contributed by atoms with Gasteiger partial charge in [-0.05, 0) is 5.56 Å². The molecule has 0 amide bonds. The fraction of sp³-hybridized carbons (Fsp3) is 0.438. The Kier molecular flexibility index (Phi) is 24.1. The molecule has 0 atom stereocenters. The van der Waals surface area contributed by atoms with Gasteiger partial charge in [0.25, 0.3) is 0 Å². The van der Waals surface area contributed by atoms with Gasteiger partial charge in [0.2, 0.25) is 0 Å². The summed E-state index contributed by atoms with van der Waals surface area (Å²) in [4.78, 5) is 0. The van der Waals surface area contributed by atoms with Crippen molar-refractivity contribution in [1.82, 2.24) is 0 Å². The van der Waals surface area contributed by atoms with Gasteiger partial charge < -0.3 is 23.9 Å². The number of benzene rings is 1. The van der Waals surface area contributed by atoms with Crippen molar-refractivity contribution in [1.29, 1.82) is 0 Å². The number of rotatable bonds is 5. The summed E-state index contributed by atoms with van der Waals surface area (Å²) in [5, 5.41) is 4.56. The Morgan fingerprint density at radius 2 is 1.47 bits per heavy atom. The summed E-state index contributed by atoms with van der Waals surface area (Å²) in [7, 11) is 0. The van der Waals surface area contributed by atoms with E-state index in [1.165, 1.54) is 21.3 Å². The van der Waals surface area contributed by atoms with Gasteiger partial charge in [-0.2, -0.15) is 6.42 Å². The first-order valence-corrected chi connectivity index (χ1v) is 11.0. The van der Waals surface area contributed by atoms with Crippen LogP contribution in [0.4, 0.5) is 0 Å². The quantitative estimate of drug-likeness (QED) is 0.492. The molecule has 0 saturated carbocycles. The van der Waals surface area contributed by atoms with Gasteiger partial charge in [0.15, 0.2) is 0 Å². The van der Waals surface area contributed by atoms with Crippen LogP contribution in [0.3, 0.4) is 0 Å². The average Bonchev–Trinajstić information content (AvgIpc) is 2.40. The molecule has 1 aromatic rings. The maximum absolute atomic E-state index is 5.29. The van der Waals surface area contributed by atoms with E-state index < -0.39 is 14.3 Å². The van der Waals surface area contributed by atoms with Crippen molar-refractivity contribution in [3.05, 3.63) is 48.9 Å². The molecule has 3 heteroatoms. The standard InChI is InChI=1S/C10H10.C6H15Ge.BrH.Zn/c1-2-3-7-10-8-5-4-6-9-10;1-4-7(5-2)6-3;;/h1,3-9H,2H2;4-6H2,1-3H3;1H;/q-1;;;/p-1/b7-3+;;;. The molecule has 104 valence electrons. The largest absolute Gasteiger partial charge is 1.00 e. The third kappa shape index (κ3) is 14.8. The van der Waals surface area contributed by atoms with Crippen molar-refractivity contribution in [3.8, 4) is 0 Å². The second-order valence-electron chi connectivity index (χ2n) is 3.86. The van der Waals surface area contributed by atoms with Gasteiger partial charge in [-0.15, -0.1) is 6.08 Å². The molecule has 0 N–H and O–H groups in total. The number of hydrogen-bond acceptors (Lipinski definition) is 0. The Balaban J connectivity index is -0.000000258. The zero-order chi connectivity index (χ0) is 12.9. The second-order valence-corrected chi connectivity index (χ2v) is 11.5. The zero-order valence-electron chi connectivity index (χ0n) is 12.5. The Morgan fingerprint density at radius 1 is 1.00 bits per heavy atom. The predicted molar refractivity (Wildman–Crippen MR) is 81.6 cm³/mol. The first-order chi connectivity index (χ1) is 8.28. The molecule has 0 saturated heterocycles. The maximum Gasteiger partial charge on any atom is 0 e. The summed E-state index contributed by atoms with van der Waals surface area (Å²) in [5.74, 6) is 0. The van der Waals surface area contributed by atoms with E-state index in [9.17, 15) is 0 Å². The van der Waals surface area contributed by atoms with Gasteiger partial charge >= 0.3 is 50.9 Å². The van der Waals surface area contributed by atoms with Crippen molar-refractivity contribution in [2.45, 2.75) is 43.0 Å². The van der Waals surface area contributed by atoms with Gasteiger partial charge in [0, 0.05) is 19.5 Å². The van der Waals surface area contributed by atoms with Gasteiger partial charge in [-0.3, -0.25) is 0 Å². The Bertz CT molecular complexity index is 279. The summed E-state index contributed by atoms with van der Waals surface area (Å²) in [6.45, 7) is 12.3. The Morgan fingerprint density at radius 3 is 1.79 bits per heavy atom. The van der Waals surface area contributed by atoms with E-state index in [-0.39, 0.29) is 36.5 Å². The van der Waals surface area contributed by atoms with Gasteiger partial charge in [-0.25, -0.2) is 0 Å². The summed E-state index contributed by atoms with van der Waals surface area (Å²) in [6, 6.07) is 10.1. The van der Waals surface area contributed by atoms with Crippen molar-refractivity contribution in [2.24, 2.45) is 0 Å². The molecule has 0 fully saturated rings. The van der Waals surface area contributed by atoms with E-state index in [1.807, 2.05) is 42.5 Å².